The lowest BCUT2D eigenvalue weighted by Crippen LogP contribution is -2.35. The Morgan fingerprint density at radius 3 is 2.67 bits per heavy atom. The quantitative estimate of drug-likeness (QED) is 0.818. The molecule has 8 nitrogen and oxygen atoms in total. The van der Waals surface area contributed by atoms with Gasteiger partial charge in [0.1, 0.15) is 0 Å². The smallest absolute Gasteiger partial charge is 0.311 e. The first-order valence-corrected chi connectivity index (χ1v) is 6.71. The summed E-state index contributed by atoms with van der Waals surface area (Å²) in [6.07, 6.45) is 0.923. The van der Waals surface area contributed by atoms with Crippen LogP contribution in [0.25, 0.3) is 11.5 Å². The lowest BCUT2D eigenvalue weighted by atomic mass is 9.82. The third kappa shape index (κ3) is 2.83. The number of tetrazole rings is 1. The van der Waals surface area contributed by atoms with Gasteiger partial charge in [0.05, 0.1) is 17.7 Å². The fraction of sp³-hybridized carbons (Fsp3) is 0.462. The maximum atomic E-state index is 11.6. The van der Waals surface area contributed by atoms with E-state index in [0.29, 0.717) is 24.4 Å². The van der Waals surface area contributed by atoms with Gasteiger partial charge in [0.15, 0.2) is 5.82 Å². The number of rotatable bonds is 6. The van der Waals surface area contributed by atoms with Gasteiger partial charge in [-0.3, -0.25) is 9.59 Å². The molecule has 0 aliphatic rings. The van der Waals surface area contributed by atoms with Gasteiger partial charge >= 0.3 is 5.97 Å². The minimum Gasteiger partial charge on any atom is -0.481 e. The number of carbonyl (C=O) groups is 1. The first kappa shape index (κ1) is 14.9. The van der Waals surface area contributed by atoms with Gasteiger partial charge in [-0.1, -0.05) is 19.9 Å². The molecule has 0 aromatic carbocycles. The minimum atomic E-state index is -0.931. The van der Waals surface area contributed by atoms with Gasteiger partial charge in [-0.15, -0.1) is 5.10 Å². The van der Waals surface area contributed by atoms with Gasteiger partial charge < -0.3 is 10.1 Å². The second-order valence-electron chi connectivity index (χ2n) is 4.88. The van der Waals surface area contributed by atoms with Crippen LogP contribution in [0.2, 0.25) is 0 Å². The van der Waals surface area contributed by atoms with Crippen LogP contribution in [0.5, 0.6) is 0 Å². The normalized spacial score (nSPS) is 11.5. The molecule has 2 aromatic heterocycles. The first-order chi connectivity index (χ1) is 10.0. The van der Waals surface area contributed by atoms with Crippen molar-refractivity contribution < 1.29 is 9.90 Å². The summed E-state index contributed by atoms with van der Waals surface area (Å²) >= 11 is 0. The molecule has 0 saturated heterocycles. The monoisotopic (exact) mass is 291 g/mol. The lowest BCUT2D eigenvalue weighted by molar-refractivity contribution is -0.150. The first-order valence-electron chi connectivity index (χ1n) is 6.71. The zero-order valence-electron chi connectivity index (χ0n) is 11.9. The molecule has 21 heavy (non-hydrogen) atoms. The molecule has 0 radical (unpaired) electrons. The van der Waals surface area contributed by atoms with E-state index < -0.39 is 11.4 Å². The number of hydrogen-bond donors (Lipinski definition) is 2. The van der Waals surface area contributed by atoms with Gasteiger partial charge in [-0.2, -0.15) is 0 Å². The molecule has 0 aliphatic heterocycles. The Hall–Kier alpha value is -2.51. The van der Waals surface area contributed by atoms with Crippen LogP contribution in [0, 0.1) is 5.41 Å². The standard InChI is InChI=1S/C13H17N5O3/c1-3-13(4-2,12(20)21)8-18-11(15-16-17-18)9-6-5-7-10(19)14-9/h5-7H,3-4,8H2,1-2H3,(H,14,19)(H,20,21). The van der Waals surface area contributed by atoms with Crippen molar-refractivity contribution in [2.24, 2.45) is 5.41 Å². The summed E-state index contributed by atoms with van der Waals surface area (Å²) in [6.45, 7) is 3.80. The Morgan fingerprint density at radius 2 is 2.10 bits per heavy atom. The molecule has 0 saturated carbocycles. The number of H-pyrrole nitrogens is 1. The lowest BCUT2D eigenvalue weighted by Gasteiger charge is -2.26. The fourth-order valence-electron chi connectivity index (χ4n) is 2.21. The van der Waals surface area contributed by atoms with Crippen molar-refractivity contribution in [3.8, 4) is 11.5 Å². The predicted octanol–water partition coefficient (Wildman–Crippen LogP) is 0.919. The van der Waals surface area contributed by atoms with Crippen LogP contribution in [-0.2, 0) is 11.3 Å². The highest BCUT2D eigenvalue weighted by Gasteiger charge is 2.36. The van der Waals surface area contributed by atoms with E-state index in [1.807, 2.05) is 13.8 Å². The SMILES string of the molecule is CCC(CC)(Cn1nnnc1-c1cccc(=O)[nH]1)C(=O)O. The van der Waals surface area contributed by atoms with E-state index in [9.17, 15) is 14.7 Å². The Morgan fingerprint density at radius 1 is 1.38 bits per heavy atom. The summed E-state index contributed by atoms with van der Waals surface area (Å²) in [4.78, 5) is 25.6. The Labute approximate surface area is 120 Å². The molecule has 0 unspecified atom stereocenters. The highest BCUT2D eigenvalue weighted by molar-refractivity contribution is 5.74. The van der Waals surface area contributed by atoms with E-state index in [0.717, 1.165) is 0 Å². The highest BCUT2D eigenvalue weighted by Crippen LogP contribution is 2.29. The summed E-state index contributed by atoms with van der Waals surface area (Å²) < 4.78 is 1.42. The van der Waals surface area contributed by atoms with Crippen molar-refractivity contribution in [1.29, 1.82) is 0 Å². The molecule has 0 spiro atoms. The molecule has 2 heterocycles. The van der Waals surface area contributed by atoms with Gasteiger partial charge in [0, 0.05) is 6.07 Å². The van der Waals surface area contributed by atoms with E-state index in [1.54, 1.807) is 12.1 Å². The summed E-state index contributed by atoms with van der Waals surface area (Å²) in [5, 5.41) is 20.8. The summed E-state index contributed by atoms with van der Waals surface area (Å²) in [5.74, 6) is -0.532. The van der Waals surface area contributed by atoms with E-state index in [1.165, 1.54) is 10.7 Å². The summed E-state index contributed by atoms with van der Waals surface area (Å²) in [7, 11) is 0. The topological polar surface area (TPSA) is 114 Å². The Kier molecular flexibility index (Phi) is 4.15. The molecule has 2 aromatic rings. The molecular formula is C13H17N5O3. The maximum Gasteiger partial charge on any atom is 0.311 e. The number of pyridine rings is 1. The van der Waals surface area contributed by atoms with Crippen molar-refractivity contribution in [1.82, 2.24) is 25.2 Å². The number of aromatic amines is 1. The number of aromatic nitrogens is 5. The predicted molar refractivity (Wildman–Crippen MR) is 74.5 cm³/mol. The number of hydrogen-bond acceptors (Lipinski definition) is 5. The van der Waals surface area contributed by atoms with Crippen molar-refractivity contribution in [3.63, 3.8) is 0 Å². The largest absolute Gasteiger partial charge is 0.481 e. The molecule has 0 atom stereocenters. The third-order valence-corrected chi connectivity index (χ3v) is 3.80. The van der Waals surface area contributed by atoms with Crippen LogP contribution < -0.4 is 5.56 Å². The van der Waals surface area contributed by atoms with Crippen LogP contribution in [0.4, 0.5) is 0 Å². The van der Waals surface area contributed by atoms with Gasteiger partial charge in [0.2, 0.25) is 5.56 Å². The van der Waals surface area contributed by atoms with Crippen LogP contribution in [-0.4, -0.2) is 36.3 Å². The highest BCUT2D eigenvalue weighted by atomic mass is 16.4. The summed E-state index contributed by atoms with van der Waals surface area (Å²) in [6, 6.07) is 4.65. The number of carboxylic acid groups (broad SMARTS) is 1. The van der Waals surface area contributed by atoms with Crippen molar-refractivity contribution in [2.75, 3.05) is 0 Å². The maximum absolute atomic E-state index is 11.6. The van der Waals surface area contributed by atoms with Crippen LogP contribution in [0.1, 0.15) is 26.7 Å². The van der Waals surface area contributed by atoms with Crippen LogP contribution >= 0.6 is 0 Å². The third-order valence-electron chi connectivity index (χ3n) is 3.80. The molecule has 2 rings (SSSR count). The molecule has 8 heteroatoms. The number of carboxylic acids is 1. The molecular weight excluding hydrogens is 274 g/mol. The fourth-order valence-corrected chi connectivity index (χ4v) is 2.21. The molecule has 112 valence electrons. The number of nitrogens with zero attached hydrogens (tertiary/aromatic N) is 4. The van der Waals surface area contributed by atoms with E-state index >= 15 is 0 Å². The molecule has 0 bridgehead atoms. The summed E-state index contributed by atoms with van der Waals surface area (Å²) in [5.41, 5.74) is -0.740. The van der Waals surface area contributed by atoms with Gasteiger partial charge in [-0.25, -0.2) is 4.68 Å². The van der Waals surface area contributed by atoms with Gasteiger partial charge in [-0.05, 0) is 29.3 Å². The Balaban J connectivity index is 2.41. The van der Waals surface area contributed by atoms with Crippen molar-refractivity contribution in [3.05, 3.63) is 28.6 Å². The van der Waals surface area contributed by atoms with Gasteiger partial charge in [0.25, 0.3) is 0 Å². The van der Waals surface area contributed by atoms with Crippen LogP contribution in [0.3, 0.4) is 0 Å². The average molecular weight is 291 g/mol. The second-order valence-corrected chi connectivity index (χ2v) is 4.88. The number of aliphatic carboxylic acids is 1. The zero-order valence-corrected chi connectivity index (χ0v) is 11.9. The van der Waals surface area contributed by atoms with E-state index in [2.05, 4.69) is 20.5 Å². The van der Waals surface area contributed by atoms with Crippen molar-refractivity contribution >= 4 is 5.97 Å². The average Bonchev–Trinajstić information content (AvgIpc) is 2.92. The van der Waals surface area contributed by atoms with E-state index in [4.69, 9.17) is 0 Å². The minimum absolute atomic E-state index is 0.147. The zero-order chi connectivity index (χ0) is 15.5. The Bertz CT molecular complexity index is 687. The van der Waals surface area contributed by atoms with E-state index in [-0.39, 0.29) is 12.1 Å². The van der Waals surface area contributed by atoms with Crippen LogP contribution in [0.15, 0.2) is 23.0 Å². The number of nitrogens with one attached hydrogen (secondary N) is 1. The molecule has 0 fully saturated rings. The molecule has 0 amide bonds. The molecule has 2 N–H and O–H groups in total. The van der Waals surface area contributed by atoms with Crippen molar-refractivity contribution in [2.45, 2.75) is 33.2 Å². The second kappa shape index (κ2) is 5.86. The molecule has 0 aliphatic carbocycles.